The van der Waals surface area contributed by atoms with Gasteiger partial charge in [0.05, 0.1) is 19.3 Å². The van der Waals surface area contributed by atoms with Gasteiger partial charge in [-0.05, 0) is 12.8 Å². The summed E-state index contributed by atoms with van der Waals surface area (Å²) < 4.78 is 1.54. The molecule has 108 valence electrons. The molecule has 0 fully saturated rings. The second-order valence-corrected chi connectivity index (χ2v) is 4.70. The number of hydrogen-bond donors (Lipinski definition) is 3. The third-order valence-electron chi connectivity index (χ3n) is 3.59. The molecule has 0 unspecified atom stereocenters. The molecule has 7 heteroatoms. The number of hydrogen-bond acceptors (Lipinski definition) is 5. The van der Waals surface area contributed by atoms with Crippen molar-refractivity contribution in [1.29, 1.82) is 0 Å². The average molecular weight is 269 g/mol. The van der Waals surface area contributed by atoms with Crippen molar-refractivity contribution in [3.05, 3.63) is 11.9 Å². The second kappa shape index (κ2) is 7.20. The van der Waals surface area contributed by atoms with Crippen molar-refractivity contribution in [2.45, 2.75) is 33.2 Å². The molecular formula is C12H23N5O2. The largest absolute Gasteiger partial charge is 0.396 e. The molecule has 1 rings (SSSR count). The molecule has 1 heterocycles. The van der Waals surface area contributed by atoms with Crippen LogP contribution < -0.4 is 11.1 Å². The van der Waals surface area contributed by atoms with E-state index in [2.05, 4.69) is 15.6 Å². The van der Waals surface area contributed by atoms with Gasteiger partial charge in [-0.15, -0.1) is 5.10 Å². The number of carbonyl (C=O) groups is 1. The molecule has 4 N–H and O–H groups in total. The van der Waals surface area contributed by atoms with E-state index < -0.39 is 0 Å². The average Bonchev–Trinajstić information content (AvgIpc) is 2.90. The highest BCUT2D eigenvalue weighted by Crippen LogP contribution is 2.24. The summed E-state index contributed by atoms with van der Waals surface area (Å²) in [6, 6.07) is 0. The Hall–Kier alpha value is -1.47. The van der Waals surface area contributed by atoms with E-state index >= 15 is 0 Å². The molecule has 1 aromatic rings. The molecule has 0 bridgehead atoms. The minimum atomic E-state index is -0.275. The highest BCUT2D eigenvalue weighted by atomic mass is 16.3. The zero-order valence-electron chi connectivity index (χ0n) is 11.6. The van der Waals surface area contributed by atoms with Crippen molar-refractivity contribution in [2.24, 2.45) is 11.1 Å². The third-order valence-corrected chi connectivity index (χ3v) is 3.59. The molecule has 1 amide bonds. The summed E-state index contributed by atoms with van der Waals surface area (Å²) >= 11 is 0. The molecule has 0 atom stereocenters. The fourth-order valence-electron chi connectivity index (χ4n) is 1.78. The van der Waals surface area contributed by atoms with Crippen molar-refractivity contribution in [3.63, 3.8) is 0 Å². The maximum absolute atomic E-state index is 11.9. The maximum atomic E-state index is 11.9. The molecule has 0 aliphatic heterocycles. The van der Waals surface area contributed by atoms with Crippen molar-refractivity contribution < 1.29 is 9.90 Å². The van der Waals surface area contributed by atoms with Gasteiger partial charge >= 0.3 is 0 Å². The number of amides is 1. The predicted molar refractivity (Wildman–Crippen MR) is 71.5 cm³/mol. The summed E-state index contributed by atoms with van der Waals surface area (Å²) in [4.78, 5) is 11.9. The first kappa shape index (κ1) is 15.6. The Morgan fingerprint density at radius 1 is 1.53 bits per heavy atom. The molecule has 0 aliphatic rings. The number of rotatable bonds is 8. The Balaban J connectivity index is 2.58. The van der Waals surface area contributed by atoms with Gasteiger partial charge in [0.1, 0.15) is 0 Å². The van der Waals surface area contributed by atoms with E-state index in [1.807, 2.05) is 13.8 Å². The minimum absolute atomic E-state index is 0.0557. The van der Waals surface area contributed by atoms with E-state index in [9.17, 15) is 9.90 Å². The van der Waals surface area contributed by atoms with E-state index in [0.29, 0.717) is 19.6 Å². The molecule has 0 spiro atoms. The number of nitrogens with zero attached hydrogens (tertiary/aromatic N) is 3. The Morgan fingerprint density at radius 2 is 2.21 bits per heavy atom. The van der Waals surface area contributed by atoms with Crippen LogP contribution in [0.25, 0.3) is 0 Å². The molecule has 19 heavy (non-hydrogen) atoms. The van der Waals surface area contributed by atoms with Gasteiger partial charge in [-0.2, -0.15) is 0 Å². The molecule has 0 aromatic carbocycles. The minimum Gasteiger partial charge on any atom is -0.396 e. The molecule has 0 radical (unpaired) electrons. The van der Waals surface area contributed by atoms with Crippen LogP contribution in [0.2, 0.25) is 0 Å². The maximum Gasteiger partial charge on any atom is 0.273 e. The van der Waals surface area contributed by atoms with Crippen molar-refractivity contribution in [3.8, 4) is 0 Å². The van der Waals surface area contributed by atoms with Gasteiger partial charge in [0, 0.05) is 18.5 Å². The Kier molecular flexibility index (Phi) is 5.91. The van der Waals surface area contributed by atoms with Crippen LogP contribution in [0.15, 0.2) is 6.20 Å². The van der Waals surface area contributed by atoms with Gasteiger partial charge in [-0.3, -0.25) is 9.48 Å². The smallest absolute Gasteiger partial charge is 0.273 e. The highest BCUT2D eigenvalue weighted by Gasteiger charge is 2.26. The van der Waals surface area contributed by atoms with Crippen LogP contribution in [0, 0.1) is 5.41 Å². The Labute approximate surface area is 113 Å². The van der Waals surface area contributed by atoms with Gasteiger partial charge in [0.2, 0.25) is 0 Å². The molecule has 0 aliphatic carbocycles. The van der Waals surface area contributed by atoms with Crippen LogP contribution >= 0.6 is 0 Å². The SMILES string of the molecule is CCC(CC)(CO)CNC(=O)c1cn(CCN)nn1. The summed E-state index contributed by atoms with van der Waals surface area (Å²) in [7, 11) is 0. The Bertz CT molecular complexity index is 392. The lowest BCUT2D eigenvalue weighted by Crippen LogP contribution is -2.39. The van der Waals surface area contributed by atoms with Crippen LogP contribution in [0.1, 0.15) is 37.2 Å². The van der Waals surface area contributed by atoms with Crippen molar-refractivity contribution >= 4 is 5.91 Å². The lowest BCUT2D eigenvalue weighted by Gasteiger charge is -2.29. The first-order valence-electron chi connectivity index (χ1n) is 6.60. The van der Waals surface area contributed by atoms with E-state index in [-0.39, 0.29) is 23.6 Å². The van der Waals surface area contributed by atoms with Crippen LogP contribution in [-0.2, 0) is 6.54 Å². The van der Waals surface area contributed by atoms with Crippen molar-refractivity contribution in [1.82, 2.24) is 20.3 Å². The monoisotopic (exact) mass is 269 g/mol. The number of carbonyl (C=O) groups excluding carboxylic acids is 1. The third kappa shape index (κ3) is 4.00. The van der Waals surface area contributed by atoms with Crippen LogP contribution in [0.4, 0.5) is 0 Å². The lowest BCUT2D eigenvalue weighted by atomic mass is 9.83. The summed E-state index contributed by atoms with van der Waals surface area (Å²) in [5, 5.41) is 19.8. The van der Waals surface area contributed by atoms with E-state index in [4.69, 9.17) is 5.73 Å². The second-order valence-electron chi connectivity index (χ2n) is 4.70. The molecule has 0 saturated heterocycles. The zero-order chi connectivity index (χ0) is 14.3. The predicted octanol–water partition coefficient (Wildman–Crippen LogP) is -0.235. The van der Waals surface area contributed by atoms with Crippen LogP contribution in [0.3, 0.4) is 0 Å². The van der Waals surface area contributed by atoms with Gasteiger partial charge < -0.3 is 16.2 Å². The number of aliphatic hydroxyl groups excluding tert-OH is 1. The zero-order valence-corrected chi connectivity index (χ0v) is 11.6. The summed E-state index contributed by atoms with van der Waals surface area (Å²) in [6.07, 6.45) is 3.18. The normalized spacial score (nSPS) is 11.6. The lowest BCUT2D eigenvalue weighted by molar-refractivity contribution is 0.0846. The summed E-state index contributed by atoms with van der Waals surface area (Å²) in [5.41, 5.74) is 5.41. The fourth-order valence-corrected chi connectivity index (χ4v) is 1.78. The molecule has 7 nitrogen and oxygen atoms in total. The molecular weight excluding hydrogens is 246 g/mol. The highest BCUT2D eigenvalue weighted by molar-refractivity contribution is 5.91. The van der Waals surface area contributed by atoms with Gasteiger partial charge in [-0.25, -0.2) is 0 Å². The van der Waals surface area contributed by atoms with E-state index in [1.54, 1.807) is 6.20 Å². The first-order chi connectivity index (χ1) is 9.10. The summed E-state index contributed by atoms with van der Waals surface area (Å²) in [6.45, 7) is 5.47. The van der Waals surface area contributed by atoms with E-state index in [0.717, 1.165) is 12.8 Å². The van der Waals surface area contributed by atoms with Gasteiger partial charge in [0.15, 0.2) is 5.69 Å². The number of aromatic nitrogens is 3. The fraction of sp³-hybridized carbons (Fsp3) is 0.750. The molecule has 1 aromatic heterocycles. The van der Waals surface area contributed by atoms with Crippen molar-refractivity contribution in [2.75, 3.05) is 19.7 Å². The standard InChI is InChI=1S/C12H23N5O2/c1-3-12(4-2,9-18)8-14-11(19)10-7-17(6-5-13)16-15-10/h7,18H,3-6,8-9,13H2,1-2H3,(H,14,19). The number of aliphatic hydroxyl groups is 1. The number of nitrogens with two attached hydrogens (primary N) is 1. The van der Waals surface area contributed by atoms with Crippen LogP contribution in [-0.4, -0.2) is 45.7 Å². The van der Waals surface area contributed by atoms with Gasteiger partial charge in [-0.1, -0.05) is 19.1 Å². The first-order valence-corrected chi connectivity index (χ1v) is 6.60. The number of nitrogens with one attached hydrogen (secondary N) is 1. The molecule has 0 saturated carbocycles. The van der Waals surface area contributed by atoms with E-state index in [1.165, 1.54) is 4.68 Å². The topological polar surface area (TPSA) is 106 Å². The quantitative estimate of drug-likeness (QED) is 0.604. The Morgan fingerprint density at radius 3 is 2.74 bits per heavy atom. The van der Waals surface area contributed by atoms with Gasteiger partial charge in [0.25, 0.3) is 5.91 Å². The summed E-state index contributed by atoms with van der Waals surface area (Å²) in [5.74, 6) is -0.275. The van der Waals surface area contributed by atoms with Crippen LogP contribution in [0.5, 0.6) is 0 Å².